The second kappa shape index (κ2) is 3.95. The number of hydrogen-bond acceptors (Lipinski definition) is 1. The van der Waals surface area contributed by atoms with Crippen molar-refractivity contribution in [2.75, 3.05) is 0 Å². The fraction of sp³-hybridized carbons (Fsp3) is 0.571. The molecule has 0 bridgehead atoms. The van der Waals surface area contributed by atoms with Gasteiger partial charge in [0.05, 0.1) is 0 Å². The minimum atomic E-state index is -6.47. The SMILES string of the molecule is CC(=CC(F)(F)C(F)(F)C(F)(F)F)C(=O)O. The Bertz CT molecular complexity index is 315. The molecule has 16 heavy (non-hydrogen) atoms. The molecular formula is C7H5F7O2. The molecule has 0 atom stereocenters. The fourth-order valence-corrected chi connectivity index (χ4v) is 0.613. The van der Waals surface area contributed by atoms with Gasteiger partial charge < -0.3 is 5.11 Å². The minimum Gasteiger partial charge on any atom is -0.478 e. The van der Waals surface area contributed by atoms with Gasteiger partial charge in [-0.2, -0.15) is 30.7 Å². The van der Waals surface area contributed by atoms with Gasteiger partial charge in [-0.05, 0) is 6.92 Å². The summed E-state index contributed by atoms with van der Waals surface area (Å²) in [5, 5.41) is 8.09. The van der Waals surface area contributed by atoms with Gasteiger partial charge in [0.2, 0.25) is 0 Å². The van der Waals surface area contributed by atoms with Crippen molar-refractivity contribution >= 4 is 5.97 Å². The lowest BCUT2D eigenvalue weighted by atomic mass is 10.1. The highest BCUT2D eigenvalue weighted by atomic mass is 19.4. The van der Waals surface area contributed by atoms with E-state index in [0.717, 1.165) is 0 Å². The summed E-state index contributed by atoms with van der Waals surface area (Å²) in [6.07, 6.45) is -7.39. The number of allylic oxidation sites excluding steroid dienone is 1. The molecule has 0 rings (SSSR count). The van der Waals surface area contributed by atoms with E-state index in [0.29, 0.717) is 6.92 Å². The molecule has 0 aromatic rings. The number of aliphatic carboxylic acids is 1. The Kier molecular flexibility index (Phi) is 3.63. The van der Waals surface area contributed by atoms with Gasteiger partial charge in [0.25, 0.3) is 0 Å². The lowest BCUT2D eigenvalue weighted by Gasteiger charge is -2.26. The van der Waals surface area contributed by atoms with Crippen LogP contribution in [0.3, 0.4) is 0 Å². The average Bonchev–Trinajstić information content (AvgIpc) is 2.00. The van der Waals surface area contributed by atoms with E-state index in [4.69, 9.17) is 5.11 Å². The average molecular weight is 254 g/mol. The van der Waals surface area contributed by atoms with Crippen LogP contribution in [0.5, 0.6) is 0 Å². The molecule has 0 spiro atoms. The standard InChI is InChI=1S/C7H5F7O2/c1-3(4(15)16)2-5(8,9)6(10,11)7(12,13)14/h2H,1H3,(H,15,16). The Morgan fingerprint density at radius 3 is 1.69 bits per heavy atom. The maximum Gasteiger partial charge on any atom is 0.460 e. The monoisotopic (exact) mass is 254 g/mol. The smallest absolute Gasteiger partial charge is 0.460 e. The molecule has 0 aliphatic carbocycles. The number of rotatable bonds is 3. The third-order valence-electron chi connectivity index (χ3n) is 1.51. The van der Waals surface area contributed by atoms with Crippen LogP contribution in [-0.2, 0) is 4.79 Å². The molecule has 0 saturated carbocycles. The van der Waals surface area contributed by atoms with E-state index in [1.807, 2.05) is 0 Å². The first-order chi connectivity index (χ1) is 6.83. The predicted octanol–water partition coefficient (Wildman–Crippen LogP) is 2.85. The number of carboxylic acid groups (broad SMARTS) is 1. The second-order valence-corrected chi connectivity index (χ2v) is 2.83. The van der Waals surface area contributed by atoms with E-state index in [-0.39, 0.29) is 0 Å². The molecule has 0 saturated heterocycles. The van der Waals surface area contributed by atoms with E-state index >= 15 is 0 Å². The molecule has 0 unspecified atom stereocenters. The first-order valence-corrected chi connectivity index (χ1v) is 3.58. The molecular weight excluding hydrogens is 249 g/mol. The van der Waals surface area contributed by atoms with Crippen LogP contribution in [0.2, 0.25) is 0 Å². The number of hydrogen-bond donors (Lipinski definition) is 1. The zero-order valence-corrected chi connectivity index (χ0v) is 7.58. The largest absolute Gasteiger partial charge is 0.478 e. The lowest BCUT2D eigenvalue weighted by molar-refractivity contribution is -0.341. The van der Waals surface area contributed by atoms with E-state index in [9.17, 15) is 35.5 Å². The topological polar surface area (TPSA) is 37.3 Å². The van der Waals surface area contributed by atoms with Gasteiger partial charge in [0, 0.05) is 11.6 Å². The number of halogens is 7. The van der Waals surface area contributed by atoms with Gasteiger partial charge in [0.15, 0.2) is 0 Å². The normalized spacial score (nSPS) is 15.1. The summed E-state index contributed by atoms with van der Waals surface area (Å²) >= 11 is 0. The quantitative estimate of drug-likeness (QED) is 0.621. The Balaban J connectivity index is 5.38. The molecule has 0 aliphatic heterocycles. The lowest BCUT2D eigenvalue weighted by Crippen LogP contribution is -2.51. The fourth-order valence-electron chi connectivity index (χ4n) is 0.613. The zero-order valence-electron chi connectivity index (χ0n) is 7.58. The van der Waals surface area contributed by atoms with Gasteiger partial charge >= 0.3 is 24.0 Å². The van der Waals surface area contributed by atoms with E-state index < -0.39 is 35.6 Å². The summed E-state index contributed by atoms with van der Waals surface area (Å²) in [4.78, 5) is 10.0. The van der Waals surface area contributed by atoms with Crippen molar-refractivity contribution in [3.63, 3.8) is 0 Å². The maximum atomic E-state index is 12.5. The Morgan fingerprint density at radius 1 is 1.06 bits per heavy atom. The Morgan fingerprint density at radius 2 is 1.44 bits per heavy atom. The van der Waals surface area contributed by atoms with Crippen LogP contribution < -0.4 is 0 Å². The van der Waals surface area contributed by atoms with Gasteiger partial charge in [-0.25, -0.2) is 4.79 Å². The number of carboxylic acids is 1. The van der Waals surface area contributed by atoms with E-state index in [2.05, 4.69) is 0 Å². The van der Waals surface area contributed by atoms with Crippen LogP contribution in [0.15, 0.2) is 11.6 Å². The highest BCUT2D eigenvalue weighted by Gasteiger charge is 2.72. The molecule has 94 valence electrons. The summed E-state index contributed by atoms with van der Waals surface area (Å²) in [6, 6.07) is 0. The zero-order chi connectivity index (χ0) is 13.4. The van der Waals surface area contributed by atoms with Gasteiger partial charge in [-0.3, -0.25) is 0 Å². The number of alkyl halides is 7. The molecule has 0 amide bonds. The van der Waals surface area contributed by atoms with Crippen molar-refractivity contribution in [3.05, 3.63) is 11.6 Å². The molecule has 1 N–H and O–H groups in total. The van der Waals surface area contributed by atoms with Gasteiger partial charge in [0.1, 0.15) is 0 Å². The van der Waals surface area contributed by atoms with Crippen molar-refractivity contribution in [2.24, 2.45) is 0 Å². The van der Waals surface area contributed by atoms with Crippen LogP contribution >= 0.6 is 0 Å². The Hall–Kier alpha value is -1.28. The second-order valence-electron chi connectivity index (χ2n) is 2.83. The summed E-state index contributed by atoms with van der Waals surface area (Å²) in [6.45, 7) is 0.475. The van der Waals surface area contributed by atoms with Crippen molar-refractivity contribution < 1.29 is 40.6 Å². The summed E-state index contributed by atoms with van der Waals surface area (Å²) < 4.78 is 84.2. The molecule has 0 fully saturated rings. The van der Waals surface area contributed by atoms with E-state index in [1.165, 1.54) is 0 Å². The Labute approximate surface area is 84.4 Å². The van der Waals surface area contributed by atoms with Crippen LogP contribution in [0.1, 0.15) is 6.92 Å². The molecule has 0 radical (unpaired) electrons. The van der Waals surface area contributed by atoms with Crippen molar-refractivity contribution in [3.8, 4) is 0 Å². The van der Waals surface area contributed by atoms with Crippen LogP contribution in [0.25, 0.3) is 0 Å². The molecule has 2 nitrogen and oxygen atoms in total. The number of carbonyl (C=O) groups is 1. The maximum absolute atomic E-state index is 12.5. The van der Waals surface area contributed by atoms with Crippen LogP contribution in [-0.4, -0.2) is 29.1 Å². The predicted molar refractivity (Wildman–Crippen MR) is 37.3 cm³/mol. The third-order valence-corrected chi connectivity index (χ3v) is 1.51. The molecule has 0 aromatic carbocycles. The first-order valence-electron chi connectivity index (χ1n) is 3.58. The highest BCUT2D eigenvalue weighted by molar-refractivity contribution is 5.86. The summed E-state index contributed by atoms with van der Waals surface area (Å²) in [5.74, 6) is -14.0. The van der Waals surface area contributed by atoms with Gasteiger partial charge in [-0.15, -0.1) is 0 Å². The highest BCUT2D eigenvalue weighted by Crippen LogP contribution is 2.47. The molecule has 0 aliphatic rings. The summed E-state index contributed by atoms with van der Waals surface area (Å²) in [7, 11) is 0. The minimum absolute atomic E-state index is 0.475. The van der Waals surface area contributed by atoms with Crippen LogP contribution in [0.4, 0.5) is 30.7 Å². The molecule has 0 aromatic heterocycles. The van der Waals surface area contributed by atoms with E-state index in [1.54, 1.807) is 0 Å². The van der Waals surface area contributed by atoms with Crippen molar-refractivity contribution in [2.45, 2.75) is 24.9 Å². The van der Waals surface area contributed by atoms with Crippen molar-refractivity contribution in [1.29, 1.82) is 0 Å². The summed E-state index contributed by atoms with van der Waals surface area (Å²) in [5.41, 5.74) is -1.31. The van der Waals surface area contributed by atoms with Crippen LogP contribution in [0, 0.1) is 0 Å². The first kappa shape index (κ1) is 14.7. The molecule has 9 heteroatoms. The van der Waals surface area contributed by atoms with Gasteiger partial charge in [-0.1, -0.05) is 0 Å². The van der Waals surface area contributed by atoms with Crippen molar-refractivity contribution in [1.82, 2.24) is 0 Å². The third kappa shape index (κ3) is 2.64. The molecule has 0 heterocycles.